The van der Waals surface area contributed by atoms with Crippen molar-refractivity contribution in [1.82, 2.24) is 9.97 Å². The lowest BCUT2D eigenvalue weighted by Crippen LogP contribution is -2.33. The van der Waals surface area contributed by atoms with Gasteiger partial charge in [0.05, 0.1) is 5.39 Å². The standard InChI is InChI=1S/C17H16N4OS/c1-11-2-4-12(5-3-11)21-8-6-14(17(21)22)20-15-13-7-9-23-16(13)19-10-18-15/h2-5,7,9-10,14H,6,8H2,1H3,(H,18,19,20). The molecule has 0 aliphatic carbocycles. The summed E-state index contributed by atoms with van der Waals surface area (Å²) < 4.78 is 0. The van der Waals surface area contributed by atoms with Crippen LogP contribution in [0.4, 0.5) is 11.5 Å². The minimum Gasteiger partial charge on any atom is -0.358 e. The van der Waals surface area contributed by atoms with E-state index in [1.54, 1.807) is 17.7 Å². The Kier molecular flexibility index (Phi) is 3.46. The van der Waals surface area contributed by atoms with E-state index in [1.807, 2.05) is 47.5 Å². The summed E-state index contributed by atoms with van der Waals surface area (Å²) in [7, 11) is 0. The molecule has 0 bridgehead atoms. The molecule has 2 aromatic heterocycles. The number of thiophene rings is 1. The van der Waals surface area contributed by atoms with Crippen LogP contribution in [0.2, 0.25) is 0 Å². The van der Waals surface area contributed by atoms with Gasteiger partial charge < -0.3 is 10.2 Å². The molecule has 0 saturated carbocycles. The fraction of sp³-hybridized carbons (Fsp3) is 0.235. The van der Waals surface area contributed by atoms with E-state index >= 15 is 0 Å². The van der Waals surface area contributed by atoms with Crippen LogP contribution in [-0.4, -0.2) is 28.5 Å². The smallest absolute Gasteiger partial charge is 0.249 e. The third-order valence-electron chi connectivity index (χ3n) is 4.12. The molecule has 1 aliphatic heterocycles. The molecule has 1 atom stereocenters. The van der Waals surface area contributed by atoms with Gasteiger partial charge in [0.2, 0.25) is 5.91 Å². The number of nitrogens with one attached hydrogen (secondary N) is 1. The highest BCUT2D eigenvalue weighted by atomic mass is 32.1. The van der Waals surface area contributed by atoms with E-state index in [0.29, 0.717) is 0 Å². The zero-order valence-corrected chi connectivity index (χ0v) is 13.5. The topological polar surface area (TPSA) is 58.1 Å². The van der Waals surface area contributed by atoms with Crippen LogP contribution >= 0.6 is 11.3 Å². The maximum absolute atomic E-state index is 12.7. The van der Waals surface area contributed by atoms with Crippen LogP contribution in [-0.2, 0) is 4.79 Å². The molecular weight excluding hydrogens is 308 g/mol. The van der Waals surface area contributed by atoms with E-state index in [-0.39, 0.29) is 11.9 Å². The van der Waals surface area contributed by atoms with Crippen LogP contribution in [0.1, 0.15) is 12.0 Å². The molecule has 0 radical (unpaired) electrons. The van der Waals surface area contributed by atoms with Gasteiger partial charge in [0, 0.05) is 12.2 Å². The van der Waals surface area contributed by atoms with Crippen molar-refractivity contribution in [2.45, 2.75) is 19.4 Å². The van der Waals surface area contributed by atoms with E-state index in [4.69, 9.17) is 0 Å². The molecule has 0 spiro atoms. The van der Waals surface area contributed by atoms with Crippen molar-refractivity contribution in [3.63, 3.8) is 0 Å². The van der Waals surface area contributed by atoms with E-state index in [1.165, 1.54) is 5.56 Å². The third-order valence-corrected chi connectivity index (χ3v) is 4.94. The summed E-state index contributed by atoms with van der Waals surface area (Å²) in [5.41, 5.74) is 2.14. The molecule has 116 valence electrons. The zero-order valence-electron chi connectivity index (χ0n) is 12.7. The predicted octanol–water partition coefficient (Wildman–Crippen LogP) is 3.22. The van der Waals surface area contributed by atoms with Gasteiger partial charge in [0.15, 0.2) is 0 Å². The summed E-state index contributed by atoms with van der Waals surface area (Å²) in [6.07, 6.45) is 2.31. The maximum Gasteiger partial charge on any atom is 0.249 e. The van der Waals surface area contributed by atoms with Crippen LogP contribution in [0, 0.1) is 6.92 Å². The Balaban J connectivity index is 1.56. The van der Waals surface area contributed by atoms with E-state index in [0.717, 1.165) is 34.7 Å². The molecule has 5 nitrogen and oxygen atoms in total. The Hall–Kier alpha value is -2.47. The summed E-state index contributed by atoms with van der Waals surface area (Å²) in [4.78, 5) is 24.0. The second-order valence-electron chi connectivity index (χ2n) is 5.67. The lowest BCUT2D eigenvalue weighted by molar-refractivity contribution is -0.117. The minimum atomic E-state index is -0.241. The van der Waals surface area contributed by atoms with Crippen LogP contribution < -0.4 is 10.2 Å². The summed E-state index contributed by atoms with van der Waals surface area (Å²) in [6.45, 7) is 2.76. The first-order valence-electron chi connectivity index (χ1n) is 7.55. The number of amides is 1. The van der Waals surface area contributed by atoms with Gasteiger partial charge in [-0.25, -0.2) is 9.97 Å². The van der Waals surface area contributed by atoms with Gasteiger partial charge in [-0.3, -0.25) is 4.79 Å². The van der Waals surface area contributed by atoms with Gasteiger partial charge in [0.25, 0.3) is 0 Å². The number of carbonyl (C=O) groups excluding carboxylic acids is 1. The van der Waals surface area contributed by atoms with Crippen molar-refractivity contribution >= 4 is 39.0 Å². The fourth-order valence-corrected chi connectivity index (χ4v) is 3.60. The van der Waals surface area contributed by atoms with Gasteiger partial charge in [-0.05, 0) is 36.9 Å². The molecule has 1 fully saturated rings. The van der Waals surface area contributed by atoms with Crippen LogP contribution in [0.5, 0.6) is 0 Å². The number of hydrogen-bond donors (Lipinski definition) is 1. The number of benzene rings is 1. The Morgan fingerprint density at radius 2 is 2.04 bits per heavy atom. The molecule has 1 aliphatic rings. The Labute approximate surface area is 138 Å². The lowest BCUT2D eigenvalue weighted by atomic mass is 10.2. The summed E-state index contributed by atoms with van der Waals surface area (Å²) in [5, 5.41) is 6.25. The Morgan fingerprint density at radius 1 is 1.22 bits per heavy atom. The zero-order chi connectivity index (χ0) is 15.8. The molecule has 1 saturated heterocycles. The van der Waals surface area contributed by atoms with Crippen molar-refractivity contribution in [2.24, 2.45) is 0 Å². The van der Waals surface area contributed by atoms with Crippen molar-refractivity contribution < 1.29 is 4.79 Å². The number of rotatable bonds is 3. The minimum absolute atomic E-state index is 0.0934. The predicted molar refractivity (Wildman–Crippen MR) is 93.0 cm³/mol. The molecular formula is C17H16N4OS. The molecule has 6 heteroatoms. The highest BCUT2D eigenvalue weighted by Crippen LogP contribution is 2.27. The first kappa shape index (κ1) is 14.1. The molecule has 3 heterocycles. The quantitative estimate of drug-likeness (QED) is 0.804. The maximum atomic E-state index is 12.7. The Bertz CT molecular complexity index is 858. The van der Waals surface area contributed by atoms with Crippen molar-refractivity contribution in [3.05, 3.63) is 47.6 Å². The first-order valence-corrected chi connectivity index (χ1v) is 8.43. The number of anilines is 2. The Morgan fingerprint density at radius 3 is 2.87 bits per heavy atom. The summed E-state index contributed by atoms with van der Waals surface area (Å²) in [6, 6.07) is 9.80. The van der Waals surface area contributed by atoms with E-state index < -0.39 is 0 Å². The van der Waals surface area contributed by atoms with Crippen LogP contribution in [0.15, 0.2) is 42.0 Å². The van der Waals surface area contributed by atoms with Gasteiger partial charge in [-0.2, -0.15) is 0 Å². The van der Waals surface area contributed by atoms with E-state index in [2.05, 4.69) is 15.3 Å². The number of fused-ring (bicyclic) bond motifs is 1. The number of hydrogen-bond acceptors (Lipinski definition) is 5. The van der Waals surface area contributed by atoms with Gasteiger partial charge in [-0.15, -0.1) is 11.3 Å². The van der Waals surface area contributed by atoms with Crippen molar-refractivity contribution in [2.75, 3.05) is 16.8 Å². The highest BCUT2D eigenvalue weighted by Gasteiger charge is 2.33. The summed E-state index contributed by atoms with van der Waals surface area (Å²) in [5.74, 6) is 0.830. The second-order valence-corrected chi connectivity index (χ2v) is 6.57. The fourth-order valence-electron chi connectivity index (χ4n) is 2.87. The van der Waals surface area contributed by atoms with Crippen LogP contribution in [0.25, 0.3) is 10.2 Å². The monoisotopic (exact) mass is 324 g/mol. The largest absolute Gasteiger partial charge is 0.358 e. The van der Waals surface area contributed by atoms with Crippen LogP contribution in [0.3, 0.4) is 0 Å². The molecule has 1 amide bonds. The first-order chi connectivity index (χ1) is 11.2. The highest BCUT2D eigenvalue weighted by molar-refractivity contribution is 7.16. The van der Waals surface area contributed by atoms with Crippen molar-refractivity contribution in [1.29, 1.82) is 0 Å². The molecule has 1 N–H and O–H groups in total. The number of nitrogens with zero attached hydrogens (tertiary/aromatic N) is 3. The van der Waals surface area contributed by atoms with Gasteiger partial charge in [0.1, 0.15) is 23.0 Å². The molecule has 3 aromatic rings. The number of aromatic nitrogens is 2. The number of carbonyl (C=O) groups is 1. The molecule has 23 heavy (non-hydrogen) atoms. The number of aryl methyl sites for hydroxylation is 1. The third kappa shape index (κ3) is 2.55. The van der Waals surface area contributed by atoms with Gasteiger partial charge in [-0.1, -0.05) is 17.7 Å². The summed E-state index contributed by atoms with van der Waals surface area (Å²) >= 11 is 1.57. The molecule has 4 rings (SSSR count). The average Bonchev–Trinajstić information content (AvgIpc) is 3.17. The van der Waals surface area contributed by atoms with E-state index in [9.17, 15) is 4.79 Å². The SMILES string of the molecule is Cc1ccc(N2CCC(Nc3ncnc4sccc34)C2=O)cc1. The lowest BCUT2D eigenvalue weighted by Gasteiger charge is -2.17. The second kappa shape index (κ2) is 5.62. The normalized spacial score (nSPS) is 17.9. The van der Waals surface area contributed by atoms with Crippen molar-refractivity contribution in [3.8, 4) is 0 Å². The average molecular weight is 324 g/mol. The molecule has 1 unspecified atom stereocenters. The van der Waals surface area contributed by atoms with Gasteiger partial charge >= 0.3 is 0 Å². The molecule has 1 aromatic carbocycles.